The summed E-state index contributed by atoms with van der Waals surface area (Å²) in [6, 6.07) is 15.0. The molecular formula is C23H25N3O4. The molecule has 1 unspecified atom stereocenters. The number of aromatic nitrogens is 1. The van der Waals surface area contributed by atoms with E-state index in [1.165, 1.54) is 17.9 Å². The normalized spacial score (nSPS) is 15.6. The summed E-state index contributed by atoms with van der Waals surface area (Å²) in [5.41, 5.74) is 2.48. The van der Waals surface area contributed by atoms with Crippen molar-refractivity contribution in [3.8, 4) is 11.5 Å². The van der Waals surface area contributed by atoms with E-state index in [1.807, 2.05) is 6.07 Å². The fourth-order valence-electron chi connectivity index (χ4n) is 3.74. The van der Waals surface area contributed by atoms with E-state index < -0.39 is 11.5 Å². The molecule has 1 aliphatic rings. The number of carbonyl (C=O) groups excluding carboxylic acids is 1. The highest BCUT2D eigenvalue weighted by molar-refractivity contribution is 5.94. The van der Waals surface area contributed by atoms with Crippen LogP contribution in [-0.4, -0.2) is 48.6 Å². The summed E-state index contributed by atoms with van der Waals surface area (Å²) >= 11 is 0. The Morgan fingerprint density at radius 1 is 1.17 bits per heavy atom. The van der Waals surface area contributed by atoms with Crippen molar-refractivity contribution in [3.05, 3.63) is 81.8 Å². The summed E-state index contributed by atoms with van der Waals surface area (Å²) in [5, 5.41) is 2.94. The van der Waals surface area contributed by atoms with Crippen LogP contribution in [0.4, 0.5) is 0 Å². The second-order valence-corrected chi connectivity index (χ2v) is 7.38. The molecule has 1 fully saturated rings. The SMILES string of the molecule is Cc1cccc(C(CNC(=O)c2ccc(-c3ccco3)[nH]c2=O)N2CCOCC2)c1. The monoisotopic (exact) mass is 407 g/mol. The van der Waals surface area contributed by atoms with Gasteiger partial charge in [0, 0.05) is 19.6 Å². The molecule has 2 N–H and O–H groups in total. The van der Waals surface area contributed by atoms with Crippen LogP contribution in [0.2, 0.25) is 0 Å². The van der Waals surface area contributed by atoms with Crippen molar-refractivity contribution in [2.45, 2.75) is 13.0 Å². The smallest absolute Gasteiger partial charge is 0.261 e. The maximum absolute atomic E-state index is 12.8. The summed E-state index contributed by atoms with van der Waals surface area (Å²) in [6.07, 6.45) is 1.53. The molecule has 0 bridgehead atoms. The zero-order valence-electron chi connectivity index (χ0n) is 16.9. The number of furan rings is 1. The number of nitrogens with one attached hydrogen (secondary N) is 2. The minimum absolute atomic E-state index is 0.0132. The molecular weight excluding hydrogens is 382 g/mol. The van der Waals surface area contributed by atoms with Crippen LogP contribution >= 0.6 is 0 Å². The van der Waals surface area contributed by atoms with Crippen LogP contribution in [0.5, 0.6) is 0 Å². The largest absolute Gasteiger partial charge is 0.463 e. The Hall–Kier alpha value is -3.16. The first-order valence-electron chi connectivity index (χ1n) is 10.1. The minimum Gasteiger partial charge on any atom is -0.463 e. The number of aromatic amines is 1. The molecule has 3 aromatic rings. The van der Waals surface area contributed by atoms with Crippen LogP contribution in [0.15, 0.2) is 64.0 Å². The van der Waals surface area contributed by atoms with Gasteiger partial charge in [-0.3, -0.25) is 14.5 Å². The lowest BCUT2D eigenvalue weighted by Gasteiger charge is -2.35. The van der Waals surface area contributed by atoms with Gasteiger partial charge in [-0.25, -0.2) is 0 Å². The molecule has 30 heavy (non-hydrogen) atoms. The molecule has 1 aromatic carbocycles. The third-order valence-corrected chi connectivity index (χ3v) is 5.31. The van der Waals surface area contributed by atoms with Crippen molar-refractivity contribution >= 4 is 5.91 Å². The molecule has 4 rings (SSSR count). The molecule has 0 spiro atoms. The zero-order chi connectivity index (χ0) is 20.9. The summed E-state index contributed by atoms with van der Waals surface area (Å²) in [5.74, 6) is 0.152. The molecule has 7 nitrogen and oxygen atoms in total. The molecule has 2 aromatic heterocycles. The van der Waals surface area contributed by atoms with E-state index in [2.05, 4.69) is 40.3 Å². The topological polar surface area (TPSA) is 87.6 Å². The van der Waals surface area contributed by atoms with Crippen LogP contribution in [0.1, 0.15) is 27.5 Å². The van der Waals surface area contributed by atoms with Gasteiger partial charge in [0.1, 0.15) is 11.3 Å². The number of pyridine rings is 1. The highest BCUT2D eigenvalue weighted by Gasteiger charge is 2.24. The molecule has 3 heterocycles. The Morgan fingerprint density at radius 2 is 2.00 bits per heavy atom. The van der Waals surface area contributed by atoms with Gasteiger partial charge in [0.05, 0.1) is 31.2 Å². The van der Waals surface area contributed by atoms with E-state index in [-0.39, 0.29) is 11.6 Å². The quantitative estimate of drug-likeness (QED) is 0.656. The predicted octanol–water partition coefficient (Wildman–Crippen LogP) is 2.75. The number of carbonyl (C=O) groups is 1. The first-order chi connectivity index (χ1) is 14.6. The van der Waals surface area contributed by atoms with Gasteiger partial charge in [-0.2, -0.15) is 0 Å². The van der Waals surface area contributed by atoms with Crippen molar-refractivity contribution in [1.29, 1.82) is 0 Å². The van der Waals surface area contributed by atoms with Crippen molar-refractivity contribution in [2.75, 3.05) is 32.8 Å². The summed E-state index contributed by atoms with van der Waals surface area (Å²) < 4.78 is 10.8. The lowest BCUT2D eigenvalue weighted by atomic mass is 10.0. The average Bonchev–Trinajstić information content (AvgIpc) is 3.29. The van der Waals surface area contributed by atoms with Crippen LogP contribution in [-0.2, 0) is 4.74 Å². The van der Waals surface area contributed by atoms with Crippen LogP contribution in [0.25, 0.3) is 11.5 Å². The van der Waals surface area contributed by atoms with Crippen molar-refractivity contribution in [3.63, 3.8) is 0 Å². The summed E-state index contributed by atoms with van der Waals surface area (Å²) in [6.45, 7) is 5.40. The van der Waals surface area contributed by atoms with Gasteiger partial charge in [0.15, 0.2) is 0 Å². The number of H-pyrrole nitrogens is 1. The second kappa shape index (κ2) is 9.11. The van der Waals surface area contributed by atoms with E-state index >= 15 is 0 Å². The fraction of sp³-hybridized carbons (Fsp3) is 0.304. The molecule has 1 amide bonds. The summed E-state index contributed by atoms with van der Waals surface area (Å²) in [4.78, 5) is 30.2. The maximum Gasteiger partial charge on any atom is 0.261 e. The van der Waals surface area contributed by atoms with Gasteiger partial charge >= 0.3 is 0 Å². The molecule has 0 radical (unpaired) electrons. The fourth-order valence-corrected chi connectivity index (χ4v) is 3.74. The highest BCUT2D eigenvalue weighted by Crippen LogP contribution is 2.22. The van der Waals surface area contributed by atoms with Gasteiger partial charge < -0.3 is 19.5 Å². The van der Waals surface area contributed by atoms with Gasteiger partial charge in [0.25, 0.3) is 11.5 Å². The van der Waals surface area contributed by atoms with E-state index in [9.17, 15) is 9.59 Å². The van der Waals surface area contributed by atoms with Gasteiger partial charge in [0.2, 0.25) is 0 Å². The average molecular weight is 407 g/mol. The number of morpholine rings is 1. The van der Waals surface area contributed by atoms with Crippen LogP contribution < -0.4 is 10.9 Å². The Balaban J connectivity index is 1.50. The molecule has 7 heteroatoms. The van der Waals surface area contributed by atoms with E-state index in [1.54, 1.807) is 18.2 Å². The first kappa shape index (κ1) is 20.1. The number of amides is 1. The first-order valence-corrected chi connectivity index (χ1v) is 10.1. The van der Waals surface area contributed by atoms with Gasteiger partial charge in [-0.15, -0.1) is 0 Å². The Kier molecular flexibility index (Phi) is 6.11. The van der Waals surface area contributed by atoms with E-state index in [0.29, 0.717) is 31.2 Å². The van der Waals surface area contributed by atoms with Crippen LogP contribution in [0.3, 0.4) is 0 Å². The number of hydrogen-bond donors (Lipinski definition) is 2. The predicted molar refractivity (Wildman–Crippen MR) is 113 cm³/mol. The second-order valence-electron chi connectivity index (χ2n) is 7.38. The Labute approximate surface area is 174 Å². The number of rotatable bonds is 6. The van der Waals surface area contributed by atoms with Crippen molar-refractivity contribution in [2.24, 2.45) is 0 Å². The standard InChI is InChI=1S/C23H25N3O4/c1-16-4-2-5-17(14-16)20(26-9-12-29-13-10-26)15-24-22(27)18-7-8-19(25-23(18)28)21-6-3-11-30-21/h2-8,11,14,20H,9-10,12-13,15H2,1H3,(H,24,27)(H,25,28). The highest BCUT2D eigenvalue weighted by atomic mass is 16.5. The third-order valence-electron chi connectivity index (χ3n) is 5.31. The van der Waals surface area contributed by atoms with Crippen molar-refractivity contribution in [1.82, 2.24) is 15.2 Å². The number of hydrogen-bond acceptors (Lipinski definition) is 5. The number of aryl methyl sites for hydroxylation is 1. The van der Waals surface area contributed by atoms with Gasteiger partial charge in [-0.1, -0.05) is 29.8 Å². The van der Waals surface area contributed by atoms with Crippen LogP contribution in [0, 0.1) is 6.92 Å². The zero-order valence-corrected chi connectivity index (χ0v) is 16.9. The molecule has 1 aliphatic heterocycles. The molecule has 0 aliphatic carbocycles. The lowest BCUT2D eigenvalue weighted by Crippen LogP contribution is -2.44. The van der Waals surface area contributed by atoms with E-state index in [0.717, 1.165) is 18.7 Å². The number of benzene rings is 1. The molecule has 1 atom stereocenters. The van der Waals surface area contributed by atoms with E-state index in [4.69, 9.17) is 9.15 Å². The molecule has 156 valence electrons. The Morgan fingerprint density at radius 3 is 2.70 bits per heavy atom. The van der Waals surface area contributed by atoms with Gasteiger partial charge in [-0.05, 0) is 36.8 Å². The minimum atomic E-state index is -0.445. The number of nitrogens with zero attached hydrogens (tertiary/aromatic N) is 1. The molecule has 1 saturated heterocycles. The van der Waals surface area contributed by atoms with Crippen molar-refractivity contribution < 1.29 is 13.9 Å². The number of ether oxygens (including phenoxy) is 1. The molecule has 0 saturated carbocycles. The maximum atomic E-state index is 12.8. The Bertz CT molecular complexity index is 1050. The summed E-state index contributed by atoms with van der Waals surface area (Å²) in [7, 11) is 0. The third kappa shape index (κ3) is 4.53. The lowest BCUT2D eigenvalue weighted by molar-refractivity contribution is 0.0162.